The molecule has 2 aromatic rings. The molecule has 0 aliphatic rings. The molecule has 88 valence electrons. The van der Waals surface area contributed by atoms with E-state index in [0.717, 1.165) is 17.8 Å². The maximum Gasteiger partial charge on any atom is 0.141 e. The zero-order chi connectivity index (χ0) is 12.1. The summed E-state index contributed by atoms with van der Waals surface area (Å²) in [5.41, 5.74) is 8.64. The van der Waals surface area contributed by atoms with Gasteiger partial charge in [-0.1, -0.05) is 6.07 Å². The van der Waals surface area contributed by atoms with Crippen LogP contribution in [0, 0.1) is 0 Å². The fourth-order valence-corrected chi connectivity index (χ4v) is 1.57. The normalized spacial score (nSPS) is 9.94. The Balaban J connectivity index is 2.02. The Morgan fingerprint density at radius 1 is 1.24 bits per heavy atom. The van der Waals surface area contributed by atoms with Crippen LogP contribution >= 0.6 is 0 Å². The molecule has 0 amide bonds. The number of anilines is 2. The van der Waals surface area contributed by atoms with Gasteiger partial charge >= 0.3 is 0 Å². The number of ether oxygens (including phenoxy) is 1. The van der Waals surface area contributed by atoms with Crippen molar-refractivity contribution < 1.29 is 4.74 Å². The van der Waals surface area contributed by atoms with Crippen molar-refractivity contribution in [1.29, 1.82) is 0 Å². The largest absolute Gasteiger partial charge is 0.495 e. The highest BCUT2D eigenvalue weighted by atomic mass is 16.5. The van der Waals surface area contributed by atoms with Crippen molar-refractivity contribution in [3.8, 4) is 5.75 Å². The zero-order valence-electron chi connectivity index (χ0n) is 9.68. The summed E-state index contributed by atoms with van der Waals surface area (Å²) < 4.78 is 5.11. The number of hydrogen-bond donors (Lipinski definition) is 2. The molecule has 0 spiro atoms. The Morgan fingerprint density at radius 3 is 2.65 bits per heavy atom. The number of nitrogens with two attached hydrogens (primary N) is 1. The second kappa shape index (κ2) is 5.21. The number of pyridine rings is 1. The minimum absolute atomic E-state index is 0.654. The van der Waals surface area contributed by atoms with Crippen molar-refractivity contribution in [3.63, 3.8) is 0 Å². The lowest BCUT2D eigenvalue weighted by Crippen LogP contribution is -2.01. The first-order valence-electron chi connectivity index (χ1n) is 5.36. The van der Waals surface area contributed by atoms with Crippen LogP contribution in [0.4, 0.5) is 11.4 Å². The molecule has 4 heteroatoms. The highest BCUT2D eigenvalue weighted by Gasteiger charge is 2.00. The zero-order valence-corrected chi connectivity index (χ0v) is 9.68. The highest BCUT2D eigenvalue weighted by molar-refractivity contribution is 5.54. The van der Waals surface area contributed by atoms with Gasteiger partial charge in [-0.3, -0.25) is 4.98 Å². The maximum absolute atomic E-state index is 5.84. The van der Waals surface area contributed by atoms with Crippen molar-refractivity contribution in [1.82, 2.24) is 4.98 Å². The summed E-state index contributed by atoms with van der Waals surface area (Å²) in [7, 11) is 1.61. The predicted molar refractivity (Wildman–Crippen MR) is 69.0 cm³/mol. The van der Waals surface area contributed by atoms with Crippen LogP contribution in [-0.4, -0.2) is 12.1 Å². The van der Waals surface area contributed by atoms with Gasteiger partial charge in [0, 0.05) is 24.6 Å². The van der Waals surface area contributed by atoms with Gasteiger partial charge in [-0.2, -0.15) is 0 Å². The van der Waals surface area contributed by atoms with E-state index in [0.29, 0.717) is 11.4 Å². The fraction of sp³-hybridized carbons (Fsp3) is 0.154. The minimum Gasteiger partial charge on any atom is -0.495 e. The van der Waals surface area contributed by atoms with Crippen molar-refractivity contribution >= 4 is 11.4 Å². The van der Waals surface area contributed by atoms with Gasteiger partial charge < -0.3 is 15.8 Å². The minimum atomic E-state index is 0.654. The number of methoxy groups -OCH3 is 1. The van der Waals surface area contributed by atoms with E-state index >= 15 is 0 Å². The molecular formula is C13H15N3O. The third kappa shape index (κ3) is 2.87. The molecule has 2 rings (SSSR count). The number of nitrogens with zero attached hydrogens (tertiary/aromatic N) is 1. The number of nitrogens with one attached hydrogen (secondary N) is 1. The summed E-state index contributed by atoms with van der Waals surface area (Å²) in [5.74, 6) is 0.706. The average molecular weight is 229 g/mol. The van der Waals surface area contributed by atoms with Crippen LogP contribution in [0.25, 0.3) is 0 Å². The van der Waals surface area contributed by atoms with Crippen LogP contribution in [0.5, 0.6) is 5.75 Å². The third-order valence-electron chi connectivity index (χ3n) is 2.47. The smallest absolute Gasteiger partial charge is 0.141 e. The second-order valence-corrected chi connectivity index (χ2v) is 3.67. The van der Waals surface area contributed by atoms with E-state index in [1.54, 1.807) is 19.5 Å². The van der Waals surface area contributed by atoms with Crippen molar-refractivity contribution in [2.24, 2.45) is 0 Å². The van der Waals surface area contributed by atoms with Crippen molar-refractivity contribution in [3.05, 3.63) is 48.3 Å². The SMILES string of the molecule is COc1ccc(CNc2ccncc2)cc1N. The molecular weight excluding hydrogens is 214 g/mol. The van der Waals surface area contributed by atoms with Gasteiger partial charge in [0.25, 0.3) is 0 Å². The molecule has 0 unspecified atom stereocenters. The molecule has 0 bridgehead atoms. The van der Waals surface area contributed by atoms with Crippen molar-refractivity contribution in [2.75, 3.05) is 18.2 Å². The lowest BCUT2D eigenvalue weighted by molar-refractivity contribution is 0.417. The molecule has 17 heavy (non-hydrogen) atoms. The maximum atomic E-state index is 5.84. The van der Waals surface area contributed by atoms with Gasteiger partial charge in [-0.25, -0.2) is 0 Å². The van der Waals surface area contributed by atoms with E-state index in [4.69, 9.17) is 10.5 Å². The fourth-order valence-electron chi connectivity index (χ4n) is 1.57. The molecule has 4 nitrogen and oxygen atoms in total. The Kier molecular flexibility index (Phi) is 3.45. The van der Waals surface area contributed by atoms with E-state index in [-0.39, 0.29) is 0 Å². The lowest BCUT2D eigenvalue weighted by Gasteiger charge is -2.09. The quantitative estimate of drug-likeness (QED) is 0.790. The topological polar surface area (TPSA) is 60.2 Å². The first kappa shape index (κ1) is 11.3. The summed E-state index contributed by atoms with van der Waals surface area (Å²) in [5, 5.41) is 3.29. The van der Waals surface area contributed by atoms with Gasteiger partial charge in [0.1, 0.15) is 5.75 Å². The van der Waals surface area contributed by atoms with E-state index in [2.05, 4.69) is 10.3 Å². The van der Waals surface area contributed by atoms with Gasteiger partial charge in [-0.05, 0) is 29.8 Å². The van der Waals surface area contributed by atoms with Crippen LogP contribution in [0.3, 0.4) is 0 Å². The van der Waals surface area contributed by atoms with E-state index in [1.165, 1.54) is 0 Å². The Morgan fingerprint density at radius 2 is 2.00 bits per heavy atom. The second-order valence-electron chi connectivity index (χ2n) is 3.67. The van der Waals surface area contributed by atoms with Crippen LogP contribution in [0.2, 0.25) is 0 Å². The number of benzene rings is 1. The van der Waals surface area contributed by atoms with E-state index in [9.17, 15) is 0 Å². The van der Waals surface area contributed by atoms with Crippen LogP contribution in [-0.2, 0) is 6.54 Å². The van der Waals surface area contributed by atoms with Crippen molar-refractivity contribution in [2.45, 2.75) is 6.54 Å². The van der Waals surface area contributed by atoms with Gasteiger partial charge in [0.15, 0.2) is 0 Å². The van der Waals surface area contributed by atoms with Gasteiger partial charge in [0.05, 0.1) is 12.8 Å². The monoisotopic (exact) mass is 229 g/mol. The molecule has 0 fully saturated rings. The number of hydrogen-bond acceptors (Lipinski definition) is 4. The summed E-state index contributed by atoms with van der Waals surface area (Å²) >= 11 is 0. The Labute approximate surface area is 100 Å². The molecule has 0 atom stereocenters. The molecule has 0 aliphatic carbocycles. The lowest BCUT2D eigenvalue weighted by atomic mass is 10.2. The number of nitrogen functional groups attached to an aromatic ring is 1. The number of aromatic nitrogens is 1. The van der Waals surface area contributed by atoms with Crippen LogP contribution in [0.1, 0.15) is 5.56 Å². The summed E-state index contributed by atoms with van der Waals surface area (Å²) in [4.78, 5) is 3.96. The van der Waals surface area contributed by atoms with Gasteiger partial charge in [0.2, 0.25) is 0 Å². The standard InChI is InChI=1S/C13H15N3O/c1-17-13-3-2-10(8-12(13)14)9-16-11-4-6-15-7-5-11/h2-8H,9,14H2,1H3,(H,15,16). The van der Waals surface area contributed by atoms with Crippen LogP contribution in [0.15, 0.2) is 42.7 Å². The predicted octanol–water partition coefficient (Wildman–Crippen LogP) is 2.28. The molecule has 3 N–H and O–H groups in total. The highest BCUT2D eigenvalue weighted by Crippen LogP contribution is 2.22. The molecule has 0 saturated heterocycles. The molecule has 0 aliphatic heterocycles. The molecule has 0 saturated carbocycles. The molecule has 1 aromatic carbocycles. The summed E-state index contributed by atoms with van der Waals surface area (Å²) in [6.45, 7) is 0.720. The summed E-state index contributed by atoms with van der Waals surface area (Å²) in [6, 6.07) is 9.62. The Hall–Kier alpha value is -2.23. The Bertz CT molecular complexity index is 485. The number of rotatable bonds is 4. The van der Waals surface area contributed by atoms with E-state index < -0.39 is 0 Å². The summed E-state index contributed by atoms with van der Waals surface area (Å²) in [6.07, 6.45) is 3.51. The molecule has 1 aromatic heterocycles. The first-order chi connectivity index (χ1) is 8.29. The molecule has 0 radical (unpaired) electrons. The van der Waals surface area contributed by atoms with E-state index in [1.807, 2.05) is 30.3 Å². The molecule has 1 heterocycles. The average Bonchev–Trinajstić information content (AvgIpc) is 2.38. The third-order valence-corrected chi connectivity index (χ3v) is 2.47. The first-order valence-corrected chi connectivity index (χ1v) is 5.36. The van der Waals surface area contributed by atoms with Crippen LogP contribution < -0.4 is 15.8 Å². The van der Waals surface area contributed by atoms with Gasteiger partial charge in [-0.15, -0.1) is 0 Å².